The summed E-state index contributed by atoms with van der Waals surface area (Å²) < 4.78 is 0. The number of imide groups is 1. The fourth-order valence-corrected chi connectivity index (χ4v) is 3.37. The van der Waals surface area contributed by atoms with Crippen molar-refractivity contribution in [3.8, 4) is 0 Å². The molecule has 2 aromatic rings. The zero-order valence-electron chi connectivity index (χ0n) is 12.4. The number of likely N-dealkylation sites (tertiary alicyclic amines) is 1. The Morgan fingerprint density at radius 3 is 2.39 bits per heavy atom. The maximum absolute atomic E-state index is 12.3. The number of nitrogens with zero attached hydrogens (tertiary/aromatic N) is 1. The lowest BCUT2D eigenvalue weighted by Gasteiger charge is -2.20. The standard InChI is InChI=1S/C17H16N2O3S/c20-14(11-19-15(21)8-9-16(19)22)18-17(13-7-4-10-23-13)12-5-2-1-3-6-12/h1-7,10,17H,8-9,11H2,(H,18,20)/t17-/m1/s1. The van der Waals surface area contributed by atoms with Crippen LogP contribution in [-0.2, 0) is 14.4 Å². The van der Waals surface area contributed by atoms with Gasteiger partial charge in [-0.1, -0.05) is 36.4 Å². The van der Waals surface area contributed by atoms with Crippen LogP contribution in [-0.4, -0.2) is 29.2 Å². The summed E-state index contributed by atoms with van der Waals surface area (Å²) in [5.74, 6) is -0.897. The van der Waals surface area contributed by atoms with Gasteiger partial charge in [0.05, 0.1) is 6.04 Å². The first-order valence-corrected chi connectivity index (χ1v) is 8.24. The lowest BCUT2D eigenvalue weighted by Crippen LogP contribution is -2.41. The van der Waals surface area contributed by atoms with Crippen molar-refractivity contribution in [2.24, 2.45) is 0 Å². The number of amides is 3. The molecule has 1 N–H and O–H groups in total. The molecule has 23 heavy (non-hydrogen) atoms. The van der Waals surface area contributed by atoms with Crippen molar-refractivity contribution in [3.05, 3.63) is 58.3 Å². The van der Waals surface area contributed by atoms with E-state index in [4.69, 9.17) is 0 Å². The van der Waals surface area contributed by atoms with Gasteiger partial charge in [0.15, 0.2) is 0 Å². The molecular weight excluding hydrogens is 312 g/mol. The Bertz CT molecular complexity index is 697. The van der Waals surface area contributed by atoms with Crippen molar-refractivity contribution < 1.29 is 14.4 Å². The van der Waals surface area contributed by atoms with E-state index in [1.165, 1.54) is 0 Å². The van der Waals surface area contributed by atoms with Gasteiger partial charge in [0.25, 0.3) is 0 Å². The summed E-state index contributed by atoms with van der Waals surface area (Å²) in [6.07, 6.45) is 0.387. The highest BCUT2D eigenvalue weighted by Crippen LogP contribution is 2.26. The van der Waals surface area contributed by atoms with Crippen LogP contribution in [0, 0.1) is 0 Å². The lowest BCUT2D eigenvalue weighted by atomic mass is 10.1. The number of hydrogen-bond donors (Lipinski definition) is 1. The van der Waals surface area contributed by atoms with Gasteiger partial charge in [-0.2, -0.15) is 0 Å². The number of nitrogens with one attached hydrogen (secondary N) is 1. The number of benzene rings is 1. The minimum Gasteiger partial charge on any atom is -0.343 e. The minimum atomic E-state index is -0.337. The SMILES string of the molecule is O=C(CN1C(=O)CCC1=O)N[C@H](c1ccccc1)c1cccs1. The number of rotatable bonds is 5. The van der Waals surface area contributed by atoms with Crippen molar-refractivity contribution in [1.29, 1.82) is 0 Å². The summed E-state index contributed by atoms with van der Waals surface area (Å²) in [6, 6.07) is 13.2. The van der Waals surface area contributed by atoms with Crippen LogP contribution in [0.3, 0.4) is 0 Å². The molecule has 1 atom stereocenters. The molecule has 2 heterocycles. The third-order valence-corrected chi connectivity index (χ3v) is 4.66. The third kappa shape index (κ3) is 3.48. The molecule has 0 radical (unpaired) electrons. The van der Waals surface area contributed by atoms with Gasteiger partial charge in [-0.25, -0.2) is 0 Å². The maximum atomic E-state index is 12.3. The zero-order valence-corrected chi connectivity index (χ0v) is 13.2. The Labute approximate surface area is 137 Å². The molecule has 118 valence electrons. The summed E-state index contributed by atoms with van der Waals surface area (Å²) in [4.78, 5) is 37.6. The van der Waals surface area contributed by atoms with Crippen LogP contribution in [0.2, 0.25) is 0 Å². The van der Waals surface area contributed by atoms with Crippen molar-refractivity contribution >= 4 is 29.1 Å². The number of carbonyl (C=O) groups excluding carboxylic acids is 3. The van der Waals surface area contributed by atoms with Crippen molar-refractivity contribution in [1.82, 2.24) is 10.2 Å². The highest BCUT2D eigenvalue weighted by Gasteiger charge is 2.31. The molecule has 3 amide bonds. The van der Waals surface area contributed by atoms with Crippen LogP contribution in [0.25, 0.3) is 0 Å². The molecule has 0 saturated carbocycles. The van der Waals surface area contributed by atoms with E-state index in [0.717, 1.165) is 15.3 Å². The fraction of sp³-hybridized carbons (Fsp3) is 0.235. The van der Waals surface area contributed by atoms with Gasteiger partial charge in [-0.15, -0.1) is 11.3 Å². The smallest absolute Gasteiger partial charge is 0.240 e. The van der Waals surface area contributed by atoms with Crippen LogP contribution in [0.5, 0.6) is 0 Å². The van der Waals surface area contributed by atoms with Gasteiger partial charge in [-0.3, -0.25) is 19.3 Å². The van der Waals surface area contributed by atoms with Crippen LogP contribution in [0.15, 0.2) is 47.8 Å². The Balaban J connectivity index is 1.75. The van der Waals surface area contributed by atoms with Gasteiger partial charge >= 0.3 is 0 Å². The predicted molar refractivity (Wildman–Crippen MR) is 86.7 cm³/mol. The van der Waals surface area contributed by atoms with Crippen molar-refractivity contribution in [3.63, 3.8) is 0 Å². The molecule has 0 bridgehead atoms. The van der Waals surface area contributed by atoms with E-state index < -0.39 is 0 Å². The molecule has 5 nitrogen and oxygen atoms in total. The molecule has 6 heteroatoms. The molecule has 1 aliphatic rings. The normalized spacial score (nSPS) is 15.7. The maximum Gasteiger partial charge on any atom is 0.240 e. The number of hydrogen-bond acceptors (Lipinski definition) is 4. The van der Waals surface area contributed by atoms with Crippen molar-refractivity contribution in [2.45, 2.75) is 18.9 Å². The van der Waals surface area contributed by atoms with E-state index in [0.29, 0.717) is 0 Å². The summed E-state index contributed by atoms with van der Waals surface area (Å²) in [6.45, 7) is -0.216. The highest BCUT2D eigenvalue weighted by molar-refractivity contribution is 7.10. The Morgan fingerprint density at radius 1 is 1.09 bits per heavy atom. The first-order chi connectivity index (χ1) is 11.1. The fourth-order valence-electron chi connectivity index (χ4n) is 2.57. The minimum absolute atomic E-state index is 0.194. The Morgan fingerprint density at radius 2 is 1.78 bits per heavy atom. The topological polar surface area (TPSA) is 66.5 Å². The molecule has 1 saturated heterocycles. The van der Waals surface area contributed by atoms with Gasteiger partial charge in [0, 0.05) is 17.7 Å². The Kier molecular flexibility index (Phi) is 4.52. The van der Waals surface area contributed by atoms with Crippen LogP contribution < -0.4 is 5.32 Å². The molecule has 0 unspecified atom stereocenters. The van der Waals surface area contributed by atoms with E-state index in [1.807, 2.05) is 47.8 Å². The zero-order chi connectivity index (χ0) is 16.2. The molecule has 1 aromatic carbocycles. The second kappa shape index (κ2) is 6.75. The van der Waals surface area contributed by atoms with Gasteiger partial charge in [0.1, 0.15) is 6.54 Å². The van der Waals surface area contributed by atoms with Gasteiger partial charge in [0.2, 0.25) is 17.7 Å². The average molecular weight is 328 g/mol. The number of thiophene rings is 1. The van der Waals surface area contributed by atoms with E-state index in [1.54, 1.807) is 11.3 Å². The average Bonchev–Trinajstić information content (AvgIpc) is 3.19. The predicted octanol–water partition coefficient (Wildman–Crippen LogP) is 2.10. The first-order valence-electron chi connectivity index (χ1n) is 7.36. The summed E-state index contributed by atoms with van der Waals surface area (Å²) >= 11 is 1.55. The van der Waals surface area contributed by atoms with Gasteiger partial charge < -0.3 is 5.32 Å². The summed E-state index contributed by atoms with van der Waals surface area (Å²) in [7, 11) is 0. The summed E-state index contributed by atoms with van der Waals surface area (Å²) in [5.41, 5.74) is 0.961. The highest BCUT2D eigenvalue weighted by atomic mass is 32.1. The van der Waals surface area contributed by atoms with Crippen LogP contribution >= 0.6 is 11.3 Å². The first kappa shape index (κ1) is 15.4. The molecule has 0 aliphatic carbocycles. The van der Waals surface area contributed by atoms with Crippen LogP contribution in [0.1, 0.15) is 29.3 Å². The molecule has 1 aliphatic heterocycles. The molecular formula is C17H16N2O3S. The second-order valence-electron chi connectivity index (χ2n) is 5.30. The summed E-state index contributed by atoms with van der Waals surface area (Å²) in [5, 5.41) is 4.88. The molecule has 3 rings (SSSR count). The van der Waals surface area contributed by atoms with Gasteiger partial charge in [-0.05, 0) is 17.0 Å². The van der Waals surface area contributed by atoms with Crippen molar-refractivity contribution in [2.75, 3.05) is 6.54 Å². The Hall–Kier alpha value is -2.47. The molecule has 1 aromatic heterocycles. The number of carbonyl (C=O) groups is 3. The largest absolute Gasteiger partial charge is 0.343 e. The third-order valence-electron chi connectivity index (χ3n) is 3.72. The van der Waals surface area contributed by atoms with E-state index in [2.05, 4.69) is 5.32 Å². The second-order valence-corrected chi connectivity index (χ2v) is 6.28. The monoisotopic (exact) mass is 328 g/mol. The van der Waals surface area contributed by atoms with E-state index >= 15 is 0 Å². The molecule has 0 spiro atoms. The quantitative estimate of drug-likeness (QED) is 0.855. The van der Waals surface area contributed by atoms with E-state index in [9.17, 15) is 14.4 Å². The molecule has 1 fully saturated rings. The van der Waals surface area contributed by atoms with E-state index in [-0.39, 0.29) is 43.1 Å². The van der Waals surface area contributed by atoms with Crippen LogP contribution in [0.4, 0.5) is 0 Å². The lowest BCUT2D eigenvalue weighted by molar-refractivity contribution is -0.142.